The van der Waals surface area contributed by atoms with Crippen molar-refractivity contribution < 1.29 is 4.74 Å². The van der Waals surface area contributed by atoms with Crippen LogP contribution in [0.4, 0.5) is 5.69 Å². The van der Waals surface area contributed by atoms with E-state index in [1.807, 2.05) is 6.07 Å². The van der Waals surface area contributed by atoms with E-state index in [1.54, 1.807) is 12.1 Å². The highest BCUT2D eigenvalue weighted by atomic mass is 16.5. The lowest BCUT2D eigenvalue weighted by molar-refractivity contribution is 0.368. The molecule has 0 N–H and O–H groups in total. The summed E-state index contributed by atoms with van der Waals surface area (Å²) < 4.78 is 4.95. The van der Waals surface area contributed by atoms with Gasteiger partial charge in [0.05, 0.1) is 0 Å². The molecule has 0 aliphatic rings. The Morgan fingerprint density at radius 1 is 1.42 bits per heavy atom. The second-order valence-corrected chi connectivity index (χ2v) is 2.03. The molecule has 0 saturated heterocycles. The van der Waals surface area contributed by atoms with Crippen LogP contribution in [0.5, 0.6) is 5.75 Å². The van der Waals surface area contributed by atoms with Gasteiger partial charge in [-0.05, 0) is 29.4 Å². The van der Waals surface area contributed by atoms with Crippen LogP contribution in [0, 0.1) is 16.2 Å². The summed E-state index contributed by atoms with van der Waals surface area (Å²) in [7, 11) is 0. The third-order valence-corrected chi connectivity index (χ3v) is 1.25. The average molecular weight is 162 g/mol. The molecule has 0 fully saturated rings. The van der Waals surface area contributed by atoms with Crippen molar-refractivity contribution >= 4 is 5.69 Å². The summed E-state index contributed by atoms with van der Waals surface area (Å²) in [5, 5.41) is 10.9. The lowest BCUT2D eigenvalue weighted by Gasteiger charge is -1.99. The van der Waals surface area contributed by atoms with E-state index in [0.29, 0.717) is 11.4 Å². The number of ether oxygens (including phenoxy) is 1. The van der Waals surface area contributed by atoms with E-state index in [0.717, 1.165) is 0 Å². The molecule has 0 aliphatic heterocycles. The molecule has 4 nitrogen and oxygen atoms in total. The number of benzene rings is 1. The molecule has 1 rings (SSSR count). The topological polar surface area (TPSA) is 62.4 Å². The Balaban J connectivity index is 2.66. The van der Waals surface area contributed by atoms with Crippen LogP contribution >= 0.6 is 0 Å². The maximum Gasteiger partial charge on any atom is 0.174 e. The number of nitrogens with zero attached hydrogens (tertiary/aromatic N) is 2. The highest BCUT2D eigenvalue weighted by Crippen LogP contribution is 2.17. The van der Waals surface area contributed by atoms with E-state index < -0.39 is 0 Å². The van der Waals surface area contributed by atoms with Crippen molar-refractivity contribution in [2.45, 2.75) is 0 Å². The van der Waals surface area contributed by atoms with Crippen molar-refractivity contribution in [1.82, 2.24) is 0 Å². The van der Waals surface area contributed by atoms with E-state index in [-0.39, 0.29) is 6.61 Å². The molecule has 0 bridgehead atoms. The minimum Gasteiger partial charge on any atom is -0.479 e. The molecule has 1 aromatic rings. The predicted octanol–water partition coefficient (Wildman–Crippen LogP) is 1.99. The van der Waals surface area contributed by atoms with Crippen molar-refractivity contribution in [1.29, 1.82) is 5.26 Å². The summed E-state index contributed by atoms with van der Waals surface area (Å²) in [5.74, 6) is 0.559. The van der Waals surface area contributed by atoms with Crippen LogP contribution in [0.3, 0.4) is 0 Å². The van der Waals surface area contributed by atoms with Gasteiger partial charge in [-0.2, -0.15) is 5.26 Å². The van der Waals surface area contributed by atoms with E-state index in [4.69, 9.17) is 10.00 Å². The first-order valence-electron chi connectivity index (χ1n) is 3.30. The first-order valence-corrected chi connectivity index (χ1v) is 3.30. The molecule has 0 aromatic heterocycles. The molecule has 4 heteroatoms. The summed E-state index contributed by atoms with van der Waals surface area (Å²) in [6.45, 7) is 0.00780. The Labute approximate surface area is 69.4 Å². The zero-order chi connectivity index (χ0) is 8.81. The molecule has 0 spiro atoms. The Kier molecular flexibility index (Phi) is 2.79. The third kappa shape index (κ3) is 2.06. The van der Waals surface area contributed by atoms with Gasteiger partial charge in [0.1, 0.15) is 17.5 Å². The van der Waals surface area contributed by atoms with Crippen molar-refractivity contribution in [3.8, 4) is 11.8 Å². The number of nitroso groups, excluding NO2 is 1. The van der Waals surface area contributed by atoms with Crippen LogP contribution in [0.2, 0.25) is 0 Å². The van der Waals surface area contributed by atoms with E-state index in [9.17, 15) is 4.91 Å². The minimum atomic E-state index is 0.00780. The minimum absolute atomic E-state index is 0.00780. The monoisotopic (exact) mass is 162 g/mol. The third-order valence-electron chi connectivity index (χ3n) is 1.25. The molecule has 1 aromatic carbocycles. The highest BCUT2D eigenvalue weighted by Gasteiger charge is 1.93. The van der Waals surface area contributed by atoms with E-state index >= 15 is 0 Å². The maximum atomic E-state index is 9.99. The van der Waals surface area contributed by atoms with Crippen LogP contribution in [0.15, 0.2) is 29.4 Å². The zero-order valence-corrected chi connectivity index (χ0v) is 6.23. The molecule has 12 heavy (non-hydrogen) atoms. The number of rotatable bonds is 3. The molecule has 60 valence electrons. The van der Waals surface area contributed by atoms with Gasteiger partial charge in [-0.3, -0.25) is 0 Å². The van der Waals surface area contributed by atoms with Crippen molar-refractivity contribution in [2.75, 3.05) is 6.61 Å². The molecule has 0 unspecified atom stereocenters. The normalized spacial score (nSPS) is 8.58. The lowest BCUT2D eigenvalue weighted by atomic mass is 10.3. The Hall–Kier alpha value is -1.89. The summed E-state index contributed by atoms with van der Waals surface area (Å²) in [4.78, 5) is 9.99. The Morgan fingerprint density at radius 2 is 2.08 bits per heavy atom. The first-order chi connectivity index (χ1) is 5.86. The predicted molar refractivity (Wildman–Crippen MR) is 43.0 cm³/mol. The second kappa shape index (κ2) is 4.09. The SMILES string of the molecule is N#CCOc1ccc(N=O)cc1. The molecular formula is C8H6N2O2. The fourth-order valence-corrected chi connectivity index (χ4v) is 0.719. The van der Waals surface area contributed by atoms with Crippen LogP contribution in [0.1, 0.15) is 0 Å². The Morgan fingerprint density at radius 3 is 2.58 bits per heavy atom. The van der Waals surface area contributed by atoms with Gasteiger partial charge in [-0.15, -0.1) is 4.91 Å². The van der Waals surface area contributed by atoms with Crippen LogP contribution in [-0.4, -0.2) is 6.61 Å². The molecule has 0 atom stereocenters. The quantitative estimate of drug-likeness (QED) is 0.638. The van der Waals surface area contributed by atoms with Gasteiger partial charge in [-0.1, -0.05) is 0 Å². The molecule has 0 aliphatic carbocycles. The van der Waals surface area contributed by atoms with Crippen LogP contribution < -0.4 is 4.74 Å². The second-order valence-electron chi connectivity index (χ2n) is 2.03. The van der Waals surface area contributed by atoms with Crippen molar-refractivity contribution in [3.05, 3.63) is 29.2 Å². The van der Waals surface area contributed by atoms with Gasteiger partial charge in [0, 0.05) is 0 Å². The van der Waals surface area contributed by atoms with Gasteiger partial charge in [0.15, 0.2) is 6.61 Å². The molecular weight excluding hydrogens is 156 g/mol. The highest BCUT2D eigenvalue weighted by molar-refractivity contribution is 5.40. The van der Waals surface area contributed by atoms with Crippen LogP contribution in [-0.2, 0) is 0 Å². The smallest absolute Gasteiger partial charge is 0.174 e. The van der Waals surface area contributed by atoms with Crippen LogP contribution in [0.25, 0.3) is 0 Å². The van der Waals surface area contributed by atoms with Gasteiger partial charge in [0.2, 0.25) is 0 Å². The molecule has 0 radical (unpaired) electrons. The number of hydrogen-bond acceptors (Lipinski definition) is 4. The fraction of sp³-hybridized carbons (Fsp3) is 0.125. The average Bonchev–Trinajstić information content (AvgIpc) is 2.15. The summed E-state index contributed by atoms with van der Waals surface area (Å²) in [6.07, 6.45) is 0. The largest absolute Gasteiger partial charge is 0.479 e. The summed E-state index contributed by atoms with van der Waals surface area (Å²) in [5.41, 5.74) is 0.347. The van der Waals surface area contributed by atoms with Gasteiger partial charge in [-0.25, -0.2) is 0 Å². The fourth-order valence-electron chi connectivity index (χ4n) is 0.719. The first kappa shape index (κ1) is 8.21. The molecule has 0 saturated carbocycles. The van der Waals surface area contributed by atoms with E-state index in [2.05, 4.69) is 5.18 Å². The summed E-state index contributed by atoms with van der Waals surface area (Å²) in [6, 6.07) is 8.08. The van der Waals surface area contributed by atoms with Crippen molar-refractivity contribution in [2.24, 2.45) is 5.18 Å². The van der Waals surface area contributed by atoms with Gasteiger partial charge >= 0.3 is 0 Å². The lowest BCUT2D eigenvalue weighted by Crippen LogP contribution is -1.92. The van der Waals surface area contributed by atoms with E-state index in [1.165, 1.54) is 12.1 Å². The molecule has 0 amide bonds. The van der Waals surface area contributed by atoms with Gasteiger partial charge < -0.3 is 4.74 Å². The van der Waals surface area contributed by atoms with Gasteiger partial charge in [0.25, 0.3) is 0 Å². The maximum absolute atomic E-state index is 9.99. The van der Waals surface area contributed by atoms with Crippen molar-refractivity contribution in [3.63, 3.8) is 0 Å². The summed E-state index contributed by atoms with van der Waals surface area (Å²) >= 11 is 0. The number of nitriles is 1. The zero-order valence-electron chi connectivity index (χ0n) is 6.23. The number of hydrogen-bond donors (Lipinski definition) is 0. The standard InChI is InChI=1S/C8H6N2O2/c9-5-6-12-8-3-1-7(10-11)2-4-8/h1-4H,6H2. The Bertz CT molecular complexity index is 300. The molecule has 0 heterocycles.